The van der Waals surface area contributed by atoms with Crippen LogP contribution >= 0.6 is 0 Å². The largest absolute Gasteiger partial charge is 0.330 e. The minimum atomic E-state index is -0.190. The van der Waals surface area contributed by atoms with Crippen LogP contribution in [0, 0.1) is 11.7 Å². The predicted molar refractivity (Wildman–Crippen MR) is 83.7 cm³/mol. The van der Waals surface area contributed by atoms with Gasteiger partial charge in [0.1, 0.15) is 11.6 Å². The Morgan fingerprint density at radius 1 is 1.33 bits per heavy atom. The molecular weight excluding hydrogens is 265 g/mol. The third-order valence-electron chi connectivity index (χ3n) is 4.73. The van der Waals surface area contributed by atoms with Gasteiger partial charge in [-0.05, 0) is 49.9 Å². The summed E-state index contributed by atoms with van der Waals surface area (Å²) >= 11 is 0. The van der Waals surface area contributed by atoms with Gasteiger partial charge in [-0.2, -0.15) is 0 Å². The van der Waals surface area contributed by atoms with Crippen LogP contribution in [0.1, 0.15) is 50.8 Å². The quantitative estimate of drug-likeness (QED) is 0.930. The van der Waals surface area contributed by atoms with Gasteiger partial charge in [-0.1, -0.05) is 19.8 Å². The van der Waals surface area contributed by atoms with Gasteiger partial charge in [0.15, 0.2) is 0 Å². The van der Waals surface area contributed by atoms with Gasteiger partial charge in [0.25, 0.3) is 0 Å². The summed E-state index contributed by atoms with van der Waals surface area (Å²) in [7, 11) is 0. The van der Waals surface area contributed by atoms with Gasteiger partial charge < -0.3 is 10.3 Å². The number of aryl methyl sites for hydroxylation is 1. The molecule has 2 aromatic rings. The number of rotatable bonds is 4. The van der Waals surface area contributed by atoms with Crippen molar-refractivity contribution in [3.05, 3.63) is 29.8 Å². The van der Waals surface area contributed by atoms with Crippen molar-refractivity contribution in [1.82, 2.24) is 9.55 Å². The Morgan fingerprint density at radius 3 is 2.90 bits per heavy atom. The summed E-state index contributed by atoms with van der Waals surface area (Å²) in [6, 6.07) is 4.90. The van der Waals surface area contributed by atoms with Crippen molar-refractivity contribution in [2.45, 2.75) is 51.5 Å². The first-order chi connectivity index (χ1) is 10.2. The summed E-state index contributed by atoms with van der Waals surface area (Å²) in [5, 5.41) is 0. The molecule has 0 saturated heterocycles. The van der Waals surface area contributed by atoms with Crippen molar-refractivity contribution >= 4 is 11.0 Å². The Hall–Kier alpha value is -1.42. The highest BCUT2D eigenvalue weighted by molar-refractivity contribution is 5.76. The van der Waals surface area contributed by atoms with Crippen LogP contribution in [0.15, 0.2) is 18.2 Å². The summed E-state index contributed by atoms with van der Waals surface area (Å²) in [6.45, 7) is 3.76. The molecule has 2 unspecified atom stereocenters. The average Bonchev–Trinajstić information content (AvgIpc) is 2.86. The van der Waals surface area contributed by atoms with E-state index in [4.69, 9.17) is 10.7 Å². The fourth-order valence-electron chi connectivity index (χ4n) is 3.69. The van der Waals surface area contributed by atoms with E-state index in [0.717, 1.165) is 36.2 Å². The van der Waals surface area contributed by atoms with Crippen molar-refractivity contribution in [3.8, 4) is 0 Å². The minimum absolute atomic E-state index is 0.190. The molecule has 0 spiro atoms. The zero-order valence-corrected chi connectivity index (χ0v) is 12.7. The maximum absolute atomic E-state index is 13.6. The van der Waals surface area contributed by atoms with Crippen molar-refractivity contribution < 1.29 is 4.39 Å². The number of aromatic nitrogens is 2. The van der Waals surface area contributed by atoms with Crippen LogP contribution in [-0.2, 0) is 6.54 Å². The van der Waals surface area contributed by atoms with Crippen LogP contribution in [0.4, 0.5) is 4.39 Å². The van der Waals surface area contributed by atoms with Gasteiger partial charge >= 0.3 is 0 Å². The number of hydrogen-bond donors (Lipinski definition) is 1. The highest BCUT2D eigenvalue weighted by atomic mass is 19.1. The molecule has 0 radical (unpaired) electrons. The molecule has 21 heavy (non-hydrogen) atoms. The maximum Gasteiger partial charge on any atom is 0.125 e. The summed E-state index contributed by atoms with van der Waals surface area (Å²) < 4.78 is 15.8. The summed E-state index contributed by atoms with van der Waals surface area (Å²) in [5.74, 6) is 1.86. The summed E-state index contributed by atoms with van der Waals surface area (Å²) in [6.07, 6.45) is 5.86. The summed E-state index contributed by atoms with van der Waals surface area (Å²) in [5.41, 5.74) is 7.80. The van der Waals surface area contributed by atoms with Crippen LogP contribution < -0.4 is 5.73 Å². The Morgan fingerprint density at radius 2 is 2.14 bits per heavy atom. The zero-order valence-electron chi connectivity index (χ0n) is 12.7. The minimum Gasteiger partial charge on any atom is -0.330 e. The van der Waals surface area contributed by atoms with E-state index >= 15 is 0 Å². The monoisotopic (exact) mass is 289 g/mol. The van der Waals surface area contributed by atoms with Crippen LogP contribution in [0.25, 0.3) is 11.0 Å². The zero-order chi connectivity index (χ0) is 14.8. The lowest BCUT2D eigenvalue weighted by Crippen LogP contribution is -2.27. The first-order valence-electron chi connectivity index (χ1n) is 8.10. The lowest BCUT2D eigenvalue weighted by atomic mass is 9.78. The van der Waals surface area contributed by atoms with E-state index in [1.165, 1.54) is 25.3 Å². The number of hydrogen-bond acceptors (Lipinski definition) is 2. The average molecular weight is 289 g/mol. The molecule has 114 valence electrons. The highest BCUT2D eigenvalue weighted by Crippen LogP contribution is 2.38. The second-order valence-electron chi connectivity index (χ2n) is 6.14. The molecular formula is C17H24FN3. The molecule has 1 aromatic carbocycles. The fraction of sp³-hybridized carbons (Fsp3) is 0.588. The first kappa shape index (κ1) is 14.5. The van der Waals surface area contributed by atoms with Crippen molar-refractivity contribution in [2.24, 2.45) is 11.7 Å². The van der Waals surface area contributed by atoms with Crippen molar-refractivity contribution in [3.63, 3.8) is 0 Å². The molecule has 4 heteroatoms. The predicted octanol–water partition coefficient (Wildman–Crippen LogP) is 3.82. The van der Waals surface area contributed by atoms with Gasteiger partial charge in [0, 0.05) is 12.5 Å². The highest BCUT2D eigenvalue weighted by Gasteiger charge is 2.29. The number of nitrogens with zero attached hydrogens (tertiary/aromatic N) is 2. The molecule has 0 amide bonds. The molecule has 1 aliphatic rings. The number of nitrogens with two attached hydrogens (primary N) is 1. The SMILES string of the molecule is CCCn1c(C2CCCCC2CN)nc2ccc(F)cc21. The van der Waals surface area contributed by atoms with Gasteiger partial charge in [-0.15, -0.1) is 0 Å². The molecule has 1 aliphatic carbocycles. The second kappa shape index (κ2) is 6.14. The van der Waals surface area contributed by atoms with E-state index in [9.17, 15) is 4.39 Å². The second-order valence-corrected chi connectivity index (χ2v) is 6.14. The van der Waals surface area contributed by atoms with Crippen LogP contribution in [0.2, 0.25) is 0 Å². The van der Waals surface area contributed by atoms with E-state index in [-0.39, 0.29) is 5.82 Å². The maximum atomic E-state index is 13.6. The molecule has 1 heterocycles. The Labute approximate surface area is 125 Å². The molecule has 1 aromatic heterocycles. The number of benzene rings is 1. The molecule has 3 nitrogen and oxygen atoms in total. The van der Waals surface area contributed by atoms with Gasteiger partial charge in [-0.3, -0.25) is 0 Å². The molecule has 1 saturated carbocycles. The standard InChI is InChI=1S/C17H24FN3/c1-2-9-21-16-10-13(18)7-8-15(16)20-17(21)14-6-4-3-5-12(14)11-19/h7-8,10,12,14H,2-6,9,11,19H2,1H3. The Bertz CT molecular complexity index is 620. The third kappa shape index (κ3) is 2.69. The fourth-order valence-corrected chi connectivity index (χ4v) is 3.69. The normalized spacial score (nSPS) is 22.8. The molecule has 3 rings (SSSR count). The molecule has 1 fully saturated rings. The molecule has 2 atom stereocenters. The lowest BCUT2D eigenvalue weighted by molar-refractivity contribution is 0.298. The van der Waals surface area contributed by atoms with Crippen molar-refractivity contribution in [1.29, 1.82) is 0 Å². The number of fused-ring (bicyclic) bond motifs is 1. The third-order valence-corrected chi connectivity index (χ3v) is 4.73. The van der Waals surface area contributed by atoms with Crippen molar-refractivity contribution in [2.75, 3.05) is 6.54 Å². The lowest BCUT2D eigenvalue weighted by Gasteiger charge is -2.30. The molecule has 2 N–H and O–H groups in total. The van der Waals surface area contributed by atoms with Gasteiger partial charge in [-0.25, -0.2) is 9.37 Å². The number of halogens is 1. The smallest absolute Gasteiger partial charge is 0.125 e. The van der Waals surface area contributed by atoms with E-state index in [1.54, 1.807) is 12.1 Å². The van der Waals surface area contributed by atoms with Gasteiger partial charge in [0.2, 0.25) is 0 Å². The van der Waals surface area contributed by atoms with Gasteiger partial charge in [0.05, 0.1) is 11.0 Å². The Balaban J connectivity index is 2.09. The first-order valence-corrected chi connectivity index (χ1v) is 8.10. The van der Waals surface area contributed by atoms with E-state index in [0.29, 0.717) is 18.4 Å². The molecule has 0 bridgehead atoms. The van der Waals surface area contributed by atoms with E-state index in [1.807, 2.05) is 0 Å². The van der Waals surface area contributed by atoms with Crippen LogP contribution in [-0.4, -0.2) is 16.1 Å². The van der Waals surface area contributed by atoms with E-state index < -0.39 is 0 Å². The Kier molecular flexibility index (Phi) is 4.24. The van der Waals surface area contributed by atoms with E-state index in [2.05, 4.69) is 11.5 Å². The van der Waals surface area contributed by atoms with Crippen LogP contribution in [0.5, 0.6) is 0 Å². The molecule has 0 aliphatic heterocycles. The summed E-state index contributed by atoms with van der Waals surface area (Å²) in [4.78, 5) is 4.84. The number of imidazole rings is 1. The van der Waals surface area contributed by atoms with Crippen LogP contribution in [0.3, 0.4) is 0 Å². The topological polar surface area (TPSA) is 43.8 Å².